The Bertz CT molecular complexity index is 472. The van der Waals surface area contributed by atoms with E-state index in [0.29, 0.717) is 18.7 Å². The van der Waals surface area contributed by atoms with Crippen molar-refractivity contribution in [3.8, 4) is 0 Å². The second-order valence-corrected chi connectivity index (χ2v) is 7.58. The number of hydrogen-bond donors (Lipinski definition) is 1. The van der Waals surface area contributed by atoms with Crippen molar-refractivity contribution in [1.82, 2.24) is 4.90 Å². The topological polar surface area (TPSA) is 66.8 Å². The van der Waals surface area contributed by atoms with Gasteiger partial charge in [0.15, 0.2) is 0 Å². The van der Waals surface area contributed by atoms with E-state index in [9.17, 15) is 14.7 Å². The number of ether oxygens (including phenoxy) is 1. The minimum Gasteiger partial charge on any atom is -0.465 e. The van der Waals surface area contributed by atoms with Crippen LogP contribution in [0.15, 0.2) is 12.2 Å². The smallest absolute Gasteiger partial charge is 0.407 e. The first-order valence-corrected chi connectivity index (χ1v) is 8.36. The highest BCUT2D eigenvalue weighted by molar-refractivity contribution is 5.86. The minimum atomic E-state index is -0.840. The highest BCUT2D eigenvalue weighted by atomic mass is 16.5. The average molecular weight is 325 g/mol. The summed E-state index contributed by atoms with van der Waals surface area (Å²) in [6.07, 6.45) is 2.56. The van der Waals surface area contributed by atoms with Gasteiger partial charge in [-0.3, -0.25) is 0 Å². The Labute approximate surface area is 139 Å². The van der Waals surface area contributed by atoms with Gasteiger partial charge in [0.2, 0.25) is 0 Å². The third-order valence-corrected chi connectivity index (χ3v) is 5.67. The number of amides is 1. The Morgan fingerprint density at radius 1 is 1.35 bits per heavy atom. The second kappa shape index (κ2) is 7.37. The highest BCUT2D eigenvalue weighted by Gasteiger charge is 2.47. The fraction of sp³-hybridized carbons (Fsp3) is 0.778. The van der Waals surface area contributed by atoms with E-state index in [4.69, 9.17) is 4.74 Å². The van der Waals surface area contributed by atoms with Crippen molar-refractivity contribution < 1.29 is 19.4 Å². The van der Waals surface area contributed by atoms with Gasteiger partial charge in [0.1, 0.15) is 0 Å². The Balaban J connectivity index is 2.70. The van der Waals surface area contributed by atoms with Gasteiger partial charge in [0.05, 0.1) is 6.61 Å². The summed E-state index contributed by atoms with van der Waals surface area (Å²) in [5, 5.41) is 9.34. The molecule has 1 aliphatic rings. The summed E-state index contributed by atoms with van der Waals surface area (Å²) >= 11 is 0. The maximum absolute atomic E-state index is 11.5. The number of rotatable bonds is 6. The first-order valence-electron chi connectivity index (χ1n) is 8.36. The van der Waals surface area contributed by atoms with Crippen LogP contribution in [0.1, 0.15) is 60.3 Å². The first-order chi connectivity index (χ1) is 10.5. The predicted octanol–water partition coefficient (Wildman–Crippen LogP) is 4.08. The summed E-state index contributed by atoms with van der Waals surface area (Å²) in [6.45, 7) is 14.6. The van der Waals surface area contributed by atoms with Gasteiger partial charge < -0.3 is 14.7 Å². The monoisotopic (exact) mass is 325 g/mol. The van der Waals surface area contributed by atoms with Gasteiger partial charge in [0.25, 0.3) is 0 Å². The fourth-order valence-corrected chi connectivity index (χ4v) is 3.53. The largest absolute Gasteiger partial charge is 0.465 e. The molecule has 5 heteroatoms. The summed E-state index contributed by atoms with van der Waals surface area (Å²) in [5.74, 6) is -0.344. The molecule has 1 aliphatic carbocycles. The lowest BCUT2D eigenvalue weighted by Gasteiger charge is -2.52. The number of hydrogen-bond acceptors (Lipinski definition) is 3. The fourth-order valence-electron chi connectivity index (χ4n) is 3.53. The molecule has 1 N–H and O–H groups in total. The quantitative estimate of drug-likeness (QED) is 0.590. The molecule has 0 bridgehead atoms. The first kappa shape index (κ1) is 19.5. The summed E-state index contributed by atoms with van der Waals surface area (Å²) in [5.41, 5.74) is 0.420. The summed E-state index contributed by atoms with van der Waals surface area (Å²) in [4.78, 5) is 24.4. The number of esters is 1. The van der Waals surface area contributed by atoms with Crippen molar-refractivity contribution in [1.29, 1.82) is 0 Å². The van der Waals surface area contributed by atoms with Gasteiger partial charge in [-0.25, -0.2) is 9.59 Å². The molecule has 0 heterocycles. The lowest BCUT2D eigenvalue weighted by atomic mass is 9.56. The van der Waals surface area contributed by atoms with Gasteiger partial charge in [-0.1, -0.05) is 27.4 Å². The standard InChI is InChI=1S/C18H31NO4/c1-7-19(16(21)22)14-8-9-18(6,17(4,5)12-14)10-11-23-15(20)13(2)3/h14H,2,7-12H2,1,3-6H3,(H,21,22). The van der Waals surface area contributed by atoms with Crippen LogP contribution in [0.3, 0.4) is 0 Å². The van der Waals surface area contributed by atoms with E-state index in [2.05, 4.69) is 27.4 Å². The molecule has 1 rings (SSSR count). The molecule has 0 saturated heterocycles. The Hall–Kier alpha value is -1.52. The van der Waals surface area contributed by atoms with Crippen molar-refractivity contribution in [2.24, 2.45) is 10.8 Å². The SMILES string of the molecule is C=C(C)C(=O)OCCC1(C)CCC(N(CC)C(=O)O)CC1(C)C. The van der Waals surface area contributed by atoms with Crippen molar-refractivity contribution in [2.45, 2.75) is 66.3 Å². The zero-order valence-electron chi connectivity index (χ0n) is 15.1. The molecule has 0 spiro atoms. The summed E-state index contributed by atoms with van der Waals surface area (Å²) in [6, 6.07) is 0.0681. The molecule has 2 atom stereocenters. The number of carboxylic acid groups (broad SMARTS) is 1. The molecular formula is C18H31NO4. The second-order valence-electron chi connectivity index (χ2n) is 7.58. The van der Waals surface area contributed by atoms with E-state index in [1.807, 2.05) is 6.92 Å². The molecule has 1 fully saturated rings. The van der Waals surface area contributed by atoms with Crippen molar-refractivity contribution in [2.75, 3.05) is 13.2 Å². The van der Waals surface area contributed by atoms with E-state index in [0.717, 1.165) is 25.7 Å². The molecule has 1 amide bonds. The van der Waals surface area contributed by atoms with Crippen LogP contribution >= 0.6 is 0 Å². The lowest BCUT2D eigenvalue weighted by molar-refractivity contribution is -0.141. The molecule has 0 aliphatic heterocycles. The average Bonchev–Trinajstić information content (AvgIpc) is 2.43. The third-order valence-electron chi connectivity index (χ3n) is 5.67. The molecule has 1 saturated carbocycles. The van der Waals surface area contributed by atoms with E-state index in [-0.39, 0.29) is 22.8 Å². The van der Waals surface area contributed by atoms with Crippen LogP contribution < -0.4 is 0 Å². The van der Waals surface area contributed by atoms with Crippen LogP contribution in [0.25, 0.3) is 0 Å². The Morgan fingerprint density at radius 2 is 1.96 bits per heavy atom. The van der Waals surface area contributed by atoms with E-state index in [1.54, 1.807) is 11.8 Å². The molecule has 2 unspecified atom stereocenters. The Kier molecular flexibility index (Phi) is 6.25. The lowest BCUT2D eigenvalue weighted by Crippen LogP contribution is -2.50. The Morgan fingerprint density at radius 3 is 2.39 bits per heavy atom. The van der Waals surface area contributed by atoms with Gasteiger partial charge >= 0.3 is 12.1 Å². The molecule has 132 valence electrons. The van der Waals surface area contributed by atoms with Crippen molar-refractivity contribution in [3.05, 3.63) is 12.2 Å². The van der Waals surface area contributed by atoms with Crippen LogP contribution in [0.5, 0.6) is 0 Å². The molecule has 0 radical (unpaired) electrons. The van der Waals surface area contributed by atoms with Crippen molar-refractivity contribution >= 4 is 12.1 Å². The van der Waals surface area contributed by atoms with Crippen LogP contribution in [-0.2, 0) is 9.53 Å². The van der Waals surface area contributed by atoms with Crippen LogP contribution in [0.4, 0.5) is 4.79 Å². The zero-order valence-corrected chi connectivity index (χ0v) is 15.1. The number of carbonyl (C=O) groups is 2. The molecule has 0 aromatic heterocycles. The van der Waals surface area contributed by atoms with Crippen LogP contribution in [-0.4, -0.2) is 41.3 Å². The summed E-state index contributed by atoms with van der Waals surface area (Å²) in [7, 11) is 0. The minimum absolute atomic E-state index is 0.0194. The van der Waals surface area contributed by atoms with E-state index in [1.165, 1.54) is 0 Å². The van der Waals surface area contributed by atoms with Gasteiger partial charge in [-0.2, -0.15) is 0 Å². The molecular weight excluding hydrogens is 294 g/mol. The number of carbonyl (C=O) groups excluding carboxylic acids is 1. The maximum Gasteiger partial charge on any atom is 0.407 e. The maximum atomic E-state index is 11.5. The van der Waals surface area contributed by atoms with Crippen LogP contribution in [0.2, 0.25) is 0 Å². The van der Waals surface area contributed by atoms with Gasteiger partial charge in [0, 0.05) is 18.2 Å². The van der Waals surface area contributed by atoms with Gasteiger partial charge in [-0.15, -0.1) is 0 Å². The van der Waals surface area contributed by atoms with E-state index >= 15 is 0 Å². The third kappa shape index (κ3) is 4.49. The van der Waals surface area contributed by atoms with Crippen molar-refractivity contribution in [3.63, 3.8) is 0 Å². The van der Waals surface area contributed by atoms with Crippen LogP contribution in [0, 0.1) is 10.8 Å². The van der Waals surface area contributed by atoms with E-state index < -0.39 is 6.09 Å². The summed E-state index contributed by atoms with van der Waals surface area (Å²) < 4.78 is 5.26. The normalized spacial score (nSPS) is 26.4. The van der Waals surface area contributed by atoms with Gasteiger partial charge in [-0.05, 0) is 50.4 Å². The predicted molar refractivity (Wildman–Crippen MR) is 90.3 cm³/mol. The highest BCUT2D eigenvalue weighted by Crippen LogP contribution is 2.53. The number of nitrogens with zero attached hydrogens (tertiary/aromatic N) is 1. The zero-order chi connectivity index (χ0) is 17.8. The molecule has 0 aromatic carbocycles. The molecule has 0 aromatic rings. The molecule has 5 nitrogen and oxygen atoms in total. The molecule has 23 heavy (non-hydrogen) atoms.